The van der Waals surface area contributed by atoms with Gasteiger partial charge in [0.05, 0.1) is 16.4 Å². The zero-order valence-electron chi connectivity index (χ0n) is 9.64. The molecule has 6 heteroatoms. The van der Waals surface area contributed by atoms with E-state index >= 15 is 0 Å². The molecule has 0 atom stereocenters. The minimum Gasteiger partial charge on any atom is -0.294 e. The lowest BCUT2D eigenvalue weighted by molar-refractivity contribution is 0.625. The molecule has 0 radical (unpaired) electrons. The number of nitrogens with one attached hydrogen (secondary N) is 1. The van der Waals surface area contributed by atoms with E-state index in [-0.39, 0.29) is 10.6 Å². The molecular weight excluding hydrogens is 322 g/mol. The Labute approximate surface area is 117 Å². The molecular formula is C12H11BrClFN2O. The Balaban J connectivity index is 2.54. The van der Waals surface area contributed by atoms with Crippen molar-refractivity contribution in [2.75, 3.05) is 0 Å². The second-order valence-corrected chi connectivity index (χ2v) is 5.09. The predicted octanol–water partition coefficient (Wildman–Crippen LogP) is 3.67. The molecule has 0 amide bonds. The summed E-state index contributed by atoms with van der Waals surface area (Å²) in [5, 5.41) is 2.99. The van der Waals surface area contributed by atoms with E-state index < -0.39 is 5.82 Å². The minimum absolute atomic E-state index is 0.0335. The molecule has 1 heterocycles. The Morgan fingerprint density at radius 3 is 2.83 bits per heavy atom. The molecule has 0 fully saturated rings. The molecule has 0 saturated heterocycles. The summed E-state index contributed by atoms with van der Waals surface area (Å²) in [5.74, 6) is -0.552. The first-order valence-electron chi connectivity index (χ1n) is 5.49. The van der Waals surface area contributed by atoms with E-state index in [2.05, 4.69) is 21.0 Å². The predicted molar refractivity (Wildman–Crippen MR) is 73.1 cm³/mol. The number of H-pyrrole nitrogens is 1. The van der Waals surface area contributed by atoms with E-state index in [1.807, 2.05) is 6.92 Å². The van der Waals surface area contributed by atoms with Crippen LogP contribution in [-0.2, 0) is 6.42 Å². The third kappa shape index (κ3) is 2.37. The van der Waals surface area contributed by atoms with Gasteiger partial charge in [0, 0.05) is 6.07 Å². The molecule has 0 unspecified atom stereocenters. The maximum Gasteiger partial charge on any atom is 0.285 e. The van der Waals surface area contributed by atoms with Crippen molar-refractivity contribution < 1.29 is 4.39 Å². The first-order chi connectivity index (χ1) is 8.54. The van der Waals surface area contributed by atoms with Gasteiger partial charge in [-0.2, -0.15) is 0 Å². The summed E-state index contributed by atoms with van der Waals surface area (Å²) in [6, 6.07) is 4.24. The second-order valence-electron chi connectivity index (χ2n) is 3.89. The molecule has 1 N–H and O–H groups in total. The lowest BCUT2D eigenvalue weighted by atomic mass is 10.3. The highest BCUT2D eigenvalue weighted by Crippen LogP contribution is 2.19. The third-order valence-electron chi connectivity index (χ3n) is 2.56. The van der Waals surface area contributed by atoms with Crippen molar-refractivity contribution in [2.45, 2.75) is 19.8 Å². The molecule has 2 aromatic rings. The lowest BCUT2D eigenvalue weighted by Crippen LogP contribution is -2.14. The molecule has 0 spiro atoms. The standard InChI is InChI=1S/C12H11BrClFN2O/c1-2-3-10-11(13)12(18)17(16-10)7-4-5-8(14)9(15)6-7/h4-6,16H,2-3H2,1H3. The number of hydrogen-bond donors (Lipinski definition) is 1. The lowest BCUT2D eigenvalue weighted by Gasteiger charge is -2.02. The number of rotatable bonds is 3. The van der Waals surface area contributed by atoms with Crippen LogP contribution < -0.4 is 5.56 Å². The fraction of sp³-hybridized carbons (Fsp3) is 0.250. The monoisotopic (exact) mass is 332 g/mol. The maximum absolute atomic E-state index is 13.4. The normalized spacial score (nSPS) is 10.9. The van der Waals surface area contributed by atoms with Gasteiger partial charge in [-0.1, -0.05) is 24.9 Å². The number of benzene rings is 1. The molecule has 2 rings (SSSR count). The zero-order valence-corrected chi connectivity index (χ0v) is 12.0. The summed E-state index contributed by atoms with van der Waals surface area (Å²) in [5.41, 5.74) is 0.989. The van der Waals surface area contributed by atoms with Crippen LogP contribution in [0.2, 0.25) is 5.02 Å². The van der Waals surface area contributed by atoms with Crippen LogP contribution in [-0.4, -0.2) is 9.78 Å². The summed E-state index contributed by atoms with van der Waals surface area (Å²) in [6.07, 6.45) is 1.66. The summed E-state index contributed by atoms with van der Waals surface area (Å²) in [7, 11) is 0. The van der Waals surface area contributed by atoms with Crippen LogP contribution in [0.15, 0.2) is 27.5 Å². The van der Waals surface area contributed by atoms with Gasteiger partial charge in [0.25, 0.3) is 5.56 Å². The van der Waals surface area contributed by atoms with Crippen LogP contribution in [0.5, 0.6) is 0 Å². The van der Waals surface area contributed by atoms with Gasteiger partial charge in [-0.25, -0.2) is 9.07 Å². The molecule has 96 valence electrons. The Bertz CT molecular complexity index is 635. The highest BCUT2D eigenvalue weighted by Gasteiger charge is 2.13. The summed E-state index contributed by atoms with van der Waals surface area (Å²) in [4.78, 5) is 12.0. The van der Waals surface area contributed by atoms with Crippen LogP contribution in [0.25, 0.3) is 5.69 Å². The van der Waals surface area contributed by atoms with E-state index in [9.17, 15) is 9.18 Å². The largest absolute Gasteiger partial charge is 0.294 e. The van der Waals surface area contributed by atoms with Crippen molar-refractivity contribution >= 4 is 27.5 Å². The van der Waals surface area contributed by atoms with Gasteiger partial charge in [-0.3, -0.25) is 9.89 Å². The Kier molecular flexibility index (Phi) is 3.92. The molecule has 0 saturated carbocycles. The summed E-state index contributed by atoms with van der Waals surface area (Å²) < 4.78 is 15.2. The molecule has 0 bridgehead atoms. The van der Waals surface area contributed by atoms with E-state index in [0.717, 1.165) is 18.5 Å². The Morgan fingerprint density at radius 2 is 2.22 bits per heavy atom. The maximum atomic E-state index is 13.4. The minimum atomic E-state index is -0.552. The van der Waals surface area contributed by atoms with Gasteiger partial charge in [-0.15, -0.1) is 0 Å². The van der Waals surface area contributed by atoms with Crippen LogP contribution >= 0.6 is 27.5 Å². The highest BCUT2D eigenvalue weighted by molar-refractivity contribution is 9.10. The number of hydrogen-bond acceptors (Lipinski definition) is 1. The third-order valence-corrected chi connectivity index (χ3v) is 3.69. The van der Waals surface area contributed by atoms with Crippen LogP contribution in [0.3, 0.4) is 0 Å². The fourth-order valence-electron chi connectivity index (χ4n) is 1.68. The van der Waals surface area contributed by atoms with Gasteiger partial charge in [0.2, 0.25) is 0 Å². The Morgan fingerprint density at radius 1 is 1.50 bits per heavy atom. The van der Waals surface area contributed by atoms with Crippen molar-refractivity contribution in [3.63, 3.8) is 0 Å². The SMILES string of the molecule is CCCc1[nH]n(-c2ccc(Cl)c(F)c2)c(=O)c1Br. The van der Waals surface area contributed by atoms with E-state index in [0.29, 0.717) is 10.2 Å². The van der Waals surface area contributed by atoms with Gasteiger partial charge in [0.1, 0.15) is 10.3 Å². The smallest absolute Gasteiger partial charge is 0.285 e. The van der Waals surface area contributed by atoms with Crippen LogP contribution in [0.4, 0.5) is 4.39 Å². The molecule has 0 aliphatic rings. The first kappa shape index (κ1) is 13.4. The van der Waals surface area contributed by atoms with Gasteiger partial charge < -0.3 is 0 Å². The van der Waals surface area contributed by atoms with Crippen molar-refractivity contribution in [3.8, 4) is 5.69 Å². The van der Waals surface area contributed by atoms with Crippen LogP contribution in [0.1, 0.15) is 19.0 Å². The average Bonchev–Trinajstić information content (AvgIpc) is 2.62. The summed E-state index contributed by atoms with van der Waals surface area (Å²) in [6.45, 7) is 2.02. The van der Waals surface area contributed by atoms with Crippen molar-refractivity contribution in [3.05, 3.63) is 49.6 Å². The quantitative estimate of drug-likeness (QED) is 0.914. The van der Waals surface area contributed by atoms with Gasteiger partial charge in [0.15, 0.2) is 0 Å². The number of halogens is 3. The fourth-order valence-corrected chi connectivity index (χ4v) is 2.27. The van der Waals surface area contributed by atoms with E-state index in [1.165, 1.54) is 16.8 Å². The van der Waals surface area contributed by atoms with Crippen molar-refractivity contribution in [1.82, 2.24) is 9.78 Å². The van der Waals surface area contributed by atoms with E-state index in [4.69, 9.17) is 11.6 Å². The molecule has 1 aromatic heterocycles. The number of nitrogens with zero attached hydrogens (tertiary/aromatic N) is 1. The zero-order chi connectivity index (χ0) is 13.3. The number of aromatic amines is 1. The first-order valence-corrected chi connectivity index (χ1v) is 6.66. The summed E-state index contributed by atoms with van der Waals surface area (Å²) >= 11 is 8.86. The Hall–Kier alpha value is -1.07. The molecule has 1 aromatic carbocycles. The molecule has 0 aliphatic carbocycles. The second kappa shape index (κ2) is 5.28. The van der Waals surface area contributed by atoms with Crippen molar-refractivity contribution in [1.29, 1.82) is 0 Å². The van der Waals surface area contributed by atoms with Gasteiger partial charge >= 0.3 is 0 Å². The highest BCUT2D eigenvalue weighted by atomic mass is 79.9. The van der Waals surface area contributed by atoms with Crippen molar-refractivity contribution in [2.24, 2.45) is 0 Å². The number of aromatic nitrogens is 2. The average molecular weight is 334 g/mol. The van der Waals surface area contributed by atoms with Gasteiger partial charge in [-0.05, 0) is 34.5 Å². The molecule has 18 heavy (non-hydrogen) atoms. The topological polar surface area (TPSA) is 37.8 Å². The number of aryl methyl sites for hydroxylation is 1. The molecule has 0 aliphatic heterocycles. The molecule has 3 nitrogen and oxygen atoms in total. The van der Waals surface area contributed by atoms with E-state index in [1.54, 1.807) is 6.07 Å². The van der Waals surface area contributed by atoms with Crippen LogP contribution in [0, 0.1) is 5.82 Å².